The smallest absolute Gasteiger partial charge is 0.410 e. The molecule has 0 aliphatic rings. The number of carbonyl (C=O) groups excluding carboxylic acids is 1. The van der Waals surface area contributed by atoms with Crippen LogP contribution >= 0.6 is 12.2 Å². The molecule has 2 atom stereocenters. The third-order valence-electron chi connectivity index (χ3n) is 4.00. The number of ether oxygens (including phenoxy) is 1. The predicted octanol–water partition coefficient (Wildman–Crippen LogP) is 4.57. The zero-order valence-corrected chi connectivity index (χ0v) is 15.8. The largest absolute Gasteiger partial charge is 0.416 e. The molecule has 0 spiro atoms. The normalized spacial score (nSPS) is 12.4. The van der Waals surface area contributed by atoms with Crippen LogP contribution in [0.5, 0.6) is 5.75 Å². The Hall–Kier alpha value is -2.91. The highest BCUT2D eigenvalue weighted by Crippen LogP contribution is 2.24. The Kier molecular flexibility index (Phi) is 6.70. The fourth-order valence-electron chi connectivity index (χ4n) is 2.60. The van der Waals surface area contributed by atoms with Crippen LogP contribution in [0.1, 0.15) is 25.3 Å². The van der Waals surface area contributed by atoms with Crippen molar-refractivity contribution in [1.82, 2.24) is 4.90 Å². The van der Waals surface area contributed by atoms with Gasteiger partial charge >= 0.3 is 6.09 Å². The lowest BCUT2D eigenvalue weighted by atomic mass is 9.93. The van der Waals surface area contributed by atoms with Gasteiger partial charge in [0.2, 0.25) is 0 Å². The molecule has 1 N–H and O–H groups in total. The van der Waals surface area contributed by atoms with Crippen LogP contribution in [0.3, 0.4) is 0 Å². The lowest BCUT2D eigenvalue weighted by molar-refractivity contribution is 0.150. The molecule has 2 rings (SSSR count). The lowest BCUT2D eigenvalue weighted by Gasteiger charge is -2.27. The van der Waals surface area contributed by atoms with Gasteiger partial charge in [-0.3, -0.25) is 4.90 Å². The van der Waals surface area contributed by atoms with Gasteiger partial charge in [-0.05, 0) is 24.6 Å². The number of thiocarbonyl (C=S) groups is 1. The van der Waals surface area contributed by atoms with Crippen molar-refractivity contribution in [1.29, 1.82) is 5.26 Å². The molecule has 0 aliphatic carbocycles. The summed E-state index contributed by atoms with van der Waals surface area (Å²) in [4.78, 5) is 14.4. The molecule has 0 saturated carbocycles. The van der Waals surface area contributed by atoms with E-state index in [2.05, 4.69) is 11.4 Å². The maximum atomic E-state index is 12.5. The van der Waals surface area contributed by atoms with E-state index in [-0.39, 0.29) is 5.92 Å². The van der Waals surface area contributed by atoms with Crippen LogP contribution in [0.4, 0.5) is 10.5 Å². The molecule has 6 heteroatoms. The van der Waals surface area contributed by atoms with Crippen LogP contribution in [-0.4, -0.2) is 29.1 Å². The minimum absolute atomic E-state index is 0.149. The Bertz CT molecular complexity index is 817. The van der Waals surface area contributed by atoms with Gasteiger partial charge in [0.15, 0.2) is 0 Å². The van der Waals surface area contributed by atoms with Crippen LogP contribution in [0.2, 0.25) is 0 Å². The molecule has 0 fully saturated rings. The number of benzene rings is 2. The Morgan fingerprint density at radius 2 is 1.92 bits per heavy atom. The number of nitrogens with zero attached hydrogens (tertiary/aromatic N) is 2. The fourth-order valence-corrected chi connectivity index (χ4v) is 2.72. The Morgan fingerprint density at radius 1 is 1.23 bits per heavy atom. The molecule has 2 aromatic carbocycles. The van der Waals surface area contributed by atoms with Gasteiger partial charge in [0.1, 0.15) is 11.8 Å². The van der Waals surface area contributed by atoms with Gasteiger partial charge < -0.3 is 10.1 Å². The predicted molar refractivity (Wildman–Crippen MR) is 106 cm³/mol. The van der Waals surface area contributed by atoms with Crippen molar-refractivity contribution >= 4 is 29.0 Å². The van der Waals surface area contributed by atoms with E-state index >= 15 is 0 Å². The number of anilines is 1. The highest BCUT2D eigenvalue weighted by molar-refractivity contribution is 7.80. The van der Waals surface area contributed by atoms with Gasteiger partial charge in [0.25, 0.3) is 0 Å². The monoisotopic (exact) mass is 367 g/mol. The summed E-state index contributed by atoms with van der Waals surface area (Å²) in [5.41, 5.74) is 1.72. The number of nitrogens with one attached hydrogen (secondary N) is 1. The average Bonchev–Trinajstić information content (AvgIpc) is 2.62. The number of hydrogen-bond donors (Lipinski definition) is 1. The molecular formula is C20H21N3O2S. The first-order chi connectivity index (χ1) is 12.4. The van der Waals surface area contributed by atoms with Crippen LogP contribution in [0.25, 0.3) is 0 Å². The van der Waals surface area contributed by atoms with Crippen molar-refractivity contribution in [3.05, 3.63) is 60.2 Å². The second-order valence-corrected chi connectivity index (χ2v) is 6.57. The zero-order valence-electron chi connectivity index (χ0n) is 15.0. The summed E-state index contributed by atoms with van der Waals surface area (Å²) in [6.45, 7) is 3.68. The van der Waals surface area contributed by atoms with Gasteiger partial charge in [-0.2, -0.15) is 5.26 Å². The third-order valence-corrected chi connectivity index (χ3v) is 4.10. The van der Waals surface area contributed by atoms with Crippen LogP contribution in [-0.2, 0) is 0 Å². The first kappa shape index (κ1) is 19.4. The Morgan fingerprint density at radius 3 is 2.54 bits per heavy atom. The summed E-state index contributed by atoms with van der Waals surface area (Å²) in [5.74, 6) is 0.233. The first-order valence-corrected chi connectivity index (χ1v) is 8.60. The second-order valence-electron chi connectivity index (χ2n) is 5.96. The Balaban J connectivity index is 2.10. The molecule has 0 saturated heterocycles. The first-order valence-electron chi connectivity index (χ1n) is 8.19. The van der Waals surface area contributed by atoms with Crippen molar-refractivity contribution in [3.8, 4) is 11.8 Å². The molecule has 1 amide bonds. The average molecular weight is 367 g/mol. The van der Waals surface area contributed by atoms with Crippen LogP contribution in [0, 0.1) is 11.3 Å². The van der Waals surface area contributed by atoms with E-state index in [0.717, 1.165) is 11.3 Å². The van der Waals surface area contributed by atoms with E-state index in [1.165, 1.54) is 4.90 Å². The molecule has 134 valence electrons. The summed E-state index contributed by atoms with van der Waals surface area (Å²) >= 11 is 5.01. The van der Waals surface area contributed by atoms with Crippen molar-refractivity contribution in [2.24, 2.45) is 0 Å². The standard InChI is InChI=1S/C20H21N3O2S/c1-14(16-8-5-4-6-9-16)19(13-21)23(3)20(24)25-18-11-7-10-17(12-18)22-15(2)26/h4-12,14,19H,1-3H3,(H,22,26). The van der Waals surface area contributed by atoms with E-state index in [4.69, 9.17) is 17.0 Å². The Labute approximate surface area is 159 Å². The van der Waals surface area contributed by atoms with E-state index in [1.54, 1.807) is 32.2 Å². The summed E-state index contributed by atoms with van der Waals surface area (Å²) in [7, 11) is 1.57. The van der Waals surface area contributed by atoms with Crippen LogP contribution < -0.4 is 10.1 Å². The number of rotatable bonds is 5. The van der Waals surface area contributed by atoms with Gasteiger partial charge in [-0.15, -0.1) is 0 Å². The molecule has 5 nitrogen and oxygen atoms in total. The van der Waals surface area contributed by atoms with Gasteiger partial charge in [-0.1, -0.05) is 55.5 Å². The SMILES string of the molecule is CC(=S)Nc1cccc(OC(=O)N(C)C(C#N)C(C)c2ccccc2)c1. The second kappa shape index (κ2) is 8.97. The van der Waals surface area contributed by atoms with E-state index in [0.29, 0.717) is 10.7 Å². The summed E-state index contributed by atoms with van der Waals surface area (Å²) in [5, 5.41) is 12.6. The van der Waals surface area contributed by atoms with Gasteiger partial charge in [0, 0.05) is 24.7 Å². The zero-order chi connectivity index (χ0) is 19.1. The summed E-state index contributed by atoms with van der Waals surface area (Å²) in [6.07, 6.45) is -0.587. The number of hydrogen-bond acceptors (Lipinski definition) is 4. The summed E-state index contributed by atoms with van der Waals surface area (Å²) in [6, 6.07) is 18.1. The van der Waals surface area contributed by atoms with Crippen molar-refractivity contribution in [3.63, 3.8) is 0 Å². The number of nitriles is 1. The highest BCUT2D eigenvalue weighted by atomic mass is 32.1. The summed E-state index contributed by atoms with van der Waals surface area (Å²) < 4.78 is 5.42. The number of carbonyl (C=O) groups is 1. The molecule has 0 heterocycles. The van der Waals surface area contributed by atoms with E-state index in [1.807, 2.05) is 43.3 Å². The van der Waals surface area contributed by atoms with Crippen molar-refractivity contribution in [2.75, 3.05) is 12.4 Å². The molecule has 2 aromatic rings. The molecule has 0 bridgehead atoms. The topological polar surface area (TPSA) is 65.4 Å². The molecule has 0 aromatic heterocycles. The van der Waals surface area contributed by atoms with Crippen molar-refractivity contribution in [2.45, 2.75) is 25.8 Å². The van der Waals surface area contributed by atoms with Gasteiger partial charge in [-0.25, -0.2) is 4.79 Å². The quantitative estimate of drug-likeness (QED) is 0.784. The molecular weight excluding hydrogens is 346 g/mol. The maximum Gasteiger partial charge on any atom is 0.416 e. The molecule has 2 unspecified atom stereocenters. The molecule has 0 radical (unpaired) electrons. The molecule has 0 aliphatic heterocycles. The van der Waals surface area contributed by atoms with Gasteiger partial charge in [0.05, 0.1) is 11.1 Å². The maximum absolute atomic E-state index is 12.5. The fraction of sp³-hybridized carbons (Fsp3) is 0.250. The lowest BCUT2D eigenvalue weighted by Crippen LogP contribution is -2.41. The van der Waals surface area contributed by atoms with E-state index < -0.39 is 12.1 Å². The highest BCUT2D eigenvalue weighted by Gasteiger charge is 2.27. The minimum atomic E-state index is -0.644. The van der Waals surface area contributed by atoms with Crippen molar-refractivity contribution < 1.29 is 9.53 Å². The molecule has 26 heavy (non-hydrogen) atoms. The minimum Gasteiger partial charge on any atom is -0.410 e. The number of amides is 1. The van der Waals surface area contributed by atoms with Crippen LogP contribution in [0.15, 0.2) is 54.6 Å². The third kappa shape index (κ3) is 5.04. The van der Waals surface area contributed by atoms with E-state index in [9.17, 15) is 10.1 Å². The number of likely N-dealkylation sites (N-methyl/N-ethyl adjacent to an activating group) is 1.